The van der Waals surface area contributed by atoms with E-state index in [1.165, 1.54) is 6.07 Å². The topological polar surface area (TPSA) is 77.8 Å². The maximum Gasteiger partial charge on any atom is 0.307 e. The highest BCUT2D eigenvalue weighted by atomic mass is 35.5. The normalized spacial score (nSPS) is 14.2. The molecule has 2 atom stereocenters. The fourth-order valence-electron chi connectivity index (χ4n) is 1.57. The van der Waals surface area contributed by atoms with Crippen LogP contribution in [0.25, 0.3) is 0 Å². The van der Waals surface area contributed by atoms with Gasteiger partial charge in [0.15, 0.2) is 0 Å². The second-order valence-electron chi connectivity index (χ2n) is 3.95. The number of aliphatic carboxylic acids is 1. The third-order valence-corrected chi connectivity index (χ3v) is 3.16. The van der Waals surface area contributed by atoms with Crippen LogP contribution in [0.4, 0.5) is 0 Å². The lowest BCUT2D eigenvalue weighted by molar-refractivity contribution is -0.136. The predicted octanol–water partition coefficient (Wildman–Crippen LogP) is 1.68. The third-order valence-electron chi connectivity index (χ3n) is 2.55. The Balaban J connectivity index is 2.86. The molecule has 0 aliphatic heterocycles. The number of aliphatic hydroxyl groups is 2. The lowest BCUT2D eigenvalue weighted by atomic mass is 10.0. The molecular formula is C12H15ClO4S. The van der Waals surface area contributed by atoms with Crippen LogP contribution in [0.2, 0.25) is 5.02 Å². The standard InChI is InChI=1S/C12H15ClO4S/c13-9-5-8(12(17)10(14)3-4-18)2-1-7(9)6-11(15)16/h1-2,5,10,12,14,17-18H,3-4,6H2,(H,15,16). The highest BCUT2D eigenvalue weighted by Crippen LogP contribution is 2.25. The zero-order valence-electron chi connectivity index (χ0n) is 9.58. The van der Waals surface area contributed by atoms with Crippen molar-refractivity contribution in [2.75, 3.05) is 5.75 Å². The molecule has 3 N–H and O–H groups in total. The first-order valence-electron chi connectivity index (χ1n) is 5.42. The van der Waals surface area contributed by atoms with Crippen LogP contribution >= 0.6 is 24.2 Å². The number of carbonyl (C=O) groups is 1. The Morgan fingerprint density at radius 2 is 2.06 bits per heavy atom. The lowest BCUT2D eigenvalue weighted by Crippen LogP contribution is -2.18. The minimum Gasteiger partial charge on any atom is -0.481 e. The van der Waals surface area contributed by atoms with Gasteiger partial charge in [0.25, 0.3) is 0 Å². The molecule has 0 aliphatic carbocycles. The molecule has 0 fully saturated rings. The Morgan fingerprint density at radius 3 is 2.56 bits per heavy atom. The maximum atomic E-state index is 10.6. The molecular weight excluding hydrogens is 276 g/mol. The SMILES string of the molecule is O=C(O)Cc1ccc(C(O)C(O)CCS)cc1Cl. The van der Waals surface area contributed by atoms with Crippen molar-refractivity contribution in [1.29, 1.82) is 0 Å². The van der Waals surface area contributed by atoms with Crippen molar-refractivity contribution in [2.45, 2.75) is 25.0 Å². The van der Waals surface area contributed by atoms with Gasteiger partial charge in [-0.15, -0.1) is 0 Å². The zero-order valence-corrected chi connectivity index (χ0v) is 11.2. The predicted molar refractivity (Wildman–Crippen MR) is 72.2 cm³/mol. The molecule has 0 heterocycles. The molecule has 1 aromatic rings. The largest absolute Gasteiger partial charge is 0.481 e. The van der Waals surface area contributed by atoms with Gasteiger partial charge in [-0.25, -0.2) is 0 Å². The molecule has 2 unspecified atom stereocenters. The van der Waals surface area contributed by atoms with E-state index in [2.05, 4.69) is 12.6 Å². The van der Waals surface area contributed by atoms with Gasteiger partial charge in [0.1, 0.15) is 6.10 Å². The third kappa shape index (κ3) is 4.17. The van der Waals surface area contributed by atoms with E-state index in [0.29, 0.717) is 23.3 Å². The van der Waals surface area contributed by atoms with E-state index >= 15 is 0 Å². The molecule has 0 saturated heterocycles. The minimum absolute atomic E-state index is 0.172. The number of halogens is 1. The van der Waals surface area contributed by atoms with Crippen molar-refractivity contribution in [2.24, 2.45) is 0 Å². The van der Waals surface area contributed by atoms with Crippen molar-refractivity contribution in [1.82, 2.24) is 0 Å². The summed E-state index contributed by atoms with van der Waals surface area (Å²) in [5.41, 5.74) is 0.937. The van der Waals surface area contributed by atoms with Gasteiger partial charge in [0.2, 0.25) is 0 Å². The van der Waals surface area contributed by atoms with E-state index < -0.39 is 18.2 Å². The van der Waals surface area contributed by atoms with Gasteiger partial charge in [0.05, 0.1) is 12.5 Å². The fourth-order valence-corrected chi connectivity index (χ4v) is 2.09. The van der Waals surface area contributed by atoms with Crippen molar-refractivity contribution in [3.63, 3.8) is 0 Å². The van der Waals surface area contributed by atoms with Crippen molar-refractivity contribution in [3.05, 3.63) is 34.3 Å². The Bertz CT molecular complexity index is 425. The first kappa shape index (κ1) is 15.3. The second-order valence-corrected chi connectivity index (χ2v) is 4.80. The summed E-state index contributed by atoms with van der Waals surface area (Å²) in [7, 11) is 0. The maximum absolute atomic E-state index is 10.6. The van der Waals surface area contributed by atoms with Crippen LogP contribution in [0.5, 0.6) is 0 Å². The average molecular weight is 291 g/mol. The summed E-state index contributed by atoms with van der Waals surface area (Å²) in [5.74, 6) is -0.511. The zero-order chi connectivity index (χ0) is 13.7. The Hall–Kier alpha value is -0.750. The van der Waals surface area contributed by atoms with Gasteiger partial charge in [0, 0.05) is 5.02 Å². The number of aliphatic hydroxyl groups excluding tert-OH is 2. The lowest BCUT2D eigenvalue weighted by Gasteiger charge is -2.18. The molecule has 0 aromatic heterocycles. The molecule has 0 bridgehead atoms. The highest BCUT2D eigenvalue weighted by molar-refractivity contribution is 7.80. The number of thiol groups is 1. The van der Waals surface area contributed by atoms with E-state index in [0.717, 1.165) is 0 Å². The highest BCUT2D eigenvalue weighted by Gasteiger charge is 2.18. The number of benzene rings is 1. The molecule has 0 spiro atoms. The minimum atomic E-state index is -1.05. The van der Waals surface area contributed by atoms with Crippen LogP contribution < -0.4 is 0 Å². The quantitative estimate of drug-likeness (QED) is 0.601. The van der Waals surface area contributed by atoms with Crippen LogP contribution in [0, 0.1) is 0 Å². The summed E-state index contributed by atoms with van der Waals surface area (Å²) in [5, 5.41) is 28.4. The number of hydrogen-bond acceptors (Lipinski definition) is 4. The molecule has 100 valence electrons. The number of carboxylic acid groups (broad SMARTS) is 1. The average Bonchev–Trinajstić information content (AvgIpc) is 2.30. The van der Waals surface area contributed by atoms with Gasteiger partial charge in [-0.3, -0.25) is 4.79 Å². The summed E-state index contributed by atoms with van der Waals surface area (Å²) < 4.78 is 0. The smallest absolute Gasteiger partial charge is 0.307 e. The molecule has 0 amide bonds. The molecule has 0 aliphatic rings. The number of rotatable bonds is 6. The van der Waals surface area contributed by atoms with Crippen LogP contribution in [-0.4, -0.2) is 33.1 Å². The molecule has 6 heteroatoms. The monoisotopic (exact) mass is 290 g/mol. The van der Waals surface area contributed by atoms with Crippen molar-refractivity contribution < 1.29 is 20.1 Å². The first-order chi connectivity index (χ1) is 8.45. The van der Waals surface area contributed by atoms with Gasteiger partial charge in [-0.1, -0.05) is 23.7 Å². The van der Waals surface area contributed by atoms with Crippen LogP contribution in [0.3, 0.4) is 0 Å². The molecule has 1 aromatic carbocycles. The van der Waals surface area contributed by atoms with Crippen LogP contribution in [0.1, 0.15) is 23.7 Å². The molecule has 0 radical (unpaired) electrons. The molecule has 4 nitrogen and oxygen atoms in total. The van der Waals surface area contributed by atoms with Crippen LogP contribution in [0.15, 0.2) is 18.2 Å². The van der Waals surface area contributed by atoms with Crippen LogP contribution in [-0.2, 0) is 11.2 Å². The fraction of sp³-hybridized carbons (Fsp3) is 0.417. The van der Waals surface area contributed by atoms with E-state index in [4.69, 9.17) is 16.7 Å². The summed E-state index contributed by atoms with van der Waals surface area (Å²) in [6, 6.07) is 4.59. The Kier molecular flexibility index (Phi) is 5.95. The van der Waals surface area contributed by atoms with Crippen molar-refractivity contribution >= 4 is 30.2 Å². The number of hydrogen-bond donors (Lipinski definition) is 4. The molecule has 0 saturated carbocycles. The van der Waals surface area contributed by atoms with E-state index in [-0.39, 0.29) is 11.4 Å². The summed E-state index contributed by atoms with van der Waals surface area (Å²) >= 11 is 9.91. The van der Waals surface area contributed by atoms with Gasteiger partial charge < -0.3 is 15.3 Å². The van der Waals surface area contributed by atoms with Gasteiger partial charge in [-0.2, -0.15) is 12.6 Å². The second kappa shape index (κ2) is 6.99. The summed E-state index contributed by atoms with van der Waals surface area (Å²) in [4.78, 5) is 10.6. The summed E-state index contributed by atoms with van der Waals surface area (Å²) in [6.07, 6.45) is -1.77. The number of carboxylic acids is 1. The van der Waals surface area contributed by atoms with Gasteiger partial charge in [-0.05, 0) is 29.4 Å². The van der Waals surface area contributed by atoms with E-state index in [1.54, 1.807) is 12.1 Å². The summed E-state index contributed by atoms with van der Waals surface area (Å²) in [6.45, 7) is 0. The Morgan fingerprint density at radius 1 is 1.39 bits per heavy atom. The Labute approximate surface area is 116 Å². The molecule has 1 rings (SSSR count). The van der Waals surface area contributed by atoms with E-state index in [1.807, 2.05) is 0 Å². The first-order valence-corrected chi connectivity index (χ1v) is 6.44. The van der Waals surface area contributed by atoms with E-state index in [9.17, 15) is 15.0 Å². The molecule has 18 heavy (non-hydrogen) atoms. The van der Waals surface area contributed by atoms with Crippen molar-refractivity contribution in [3.8, 4) is 0 Å². The van der Waals surface area contributed by atoms with Gasteiger partial charge >= 0.3 is 5.97 Å².